The molecule has 0 spiro atoms. The Kier molecular flexibility index (Phi) is 7.78. The highest BCUT2D eigenvalue weighted by Crippen LogP contribution is 2.29. The predicted octanol–water partition coefficient (Wildman–Crippen LogP) is 5.43. The van der Waals surface area contributed by atoms with Crippen LogP contribution in [0.15, 0.2) is 72.5 Å². The van der Waals surface area contributed by atoms with E-state index in [4.69, 9.17) is 4.43 Å². The van der Waals surface area contributed by atoms with Gasteiger partial charge in [0.1, 0.15) is 14.6 Å². The molecule has 0 aliphatic rings. The number of halogens is 2. The van der Waals surface area contributed by atoms with Gasteiger partial charge >= 0.3 is 6.08 Å². The maximum atomic E-state index is 12.9. The highest BCUT2D eigenvalue weighted by atomic mass is 28.4. The molecule has 0 aromatic heterocycles. The monoisotopic (exact) mass is 389 g/mol. The fraction of sp³-hybridized carbons (Fsp3) is 0.333. The summed E-state index contributed by atoms with van der Waals surface area (Å²) in [6.45, 7) is 5.55. The van der Waals surface area contributed by atoms with Crippen molar-refractivity contribution in [1.82, 2.24) is 0 Å². The Morgan fingerprint density at radius 1 is 0.885 bits per heavy atom. The summed E-state index contributed by atoms with van der Waals surface area (Å²) in [5.41, 5.74) is 0. The molecular formula is C21H27F2OSi2. The average Bonchev–Trinajstić information content (AvgIpc) is 2.68. The molecule has 0 amide bonds. The Morgan fingerprint density at radius 3 is 1.73 bits per heavy atom. The molecule has 0 fully saturated rings. The SMILES string of the molecule is CC[Si](CC)(CC[Si](c1ccccc1)c1ccccc1)OC(C)=C(F)F. The highest BCUT2D eigenvalue weighted by Gasteiger charge is 2.35. The van der Waals surface area contributed by atoms with Crippen molar-refractivity contribution in [1.29, 1.82) is 0 Å². The molecule has 1 nitrogen and oxygen atoms in total. The number of hydrogen-bond acceptors (Lipinski definition) is 1. The van der Waals surface area contributed by atoms with Crippen molar-refractivity contribution in [2.75, 3.05) is 0 Å². The van der Waals surface area contributed by atoms with Gasteiger partial charge in [-0.05, 0) is 25.1 Å². The van der Waals surface area contributed by atoms with Crippen molar-refractivity contribution < 1.29 is 13.2 Å². The molecule has 2 rings (SSSR count). The molecule has 1 radical (unpaired) electrons. The average molecular weight is 390 g/mol. The van der Waals surface area contributed by atoms with Crippen LogP contribution in [0.3, 0.4) is 0 Å². The van der Waals surface area contributed by atoms with Gasteiger partial charge in [-0.1, -0.05) is 90.9 Å². The first-order valence-corrected chi connectivity index (χ1v) is 13.4. The zero-order chi connectivity index (χ0) is 19.0. The molecule has 0 unspecified atom stereocenters. The maximum absolute atomic E-state index is 12.9. The molecule has 0 aliphatic carbocycles. The van der Waals surface area contributed by atoms with Crippen LogP contribution in [-0.2, 0) is 4.43 Å². The van der Waals surface area contributed by atoms with Gasteiger partial charge < -0.3 is 4.43 Å². The minimum absolute atomic E-state index is 0.187. The quantitative estimate of drug-likeness (QED) is 0.411. The lowest BCUT2D eigenvalue weighted by molar-refractivity contribution is 0.320. The van der Waals surface area contributed by atoms with Gasteiger partial charge in [0.2, 0.25) is 8.32 Å². The third-order valence-corrected chi connectivity index (χ3v) is 12.8. The number of allylic oxidation sites excluding steroid dienone is 1. The van der Waals surface area contributed by atoms with Crippen LogP contribution in [0.1, 0.15) is 20.8 Å². The van der Waals surface area contributed by atoms with E-state index in [1.807, 2.05) is 12.1 Å². The Labute approximate surface area is 158 Å². The van der Waals surface area contributed by atoms with Crippen LogP contribution in [0.25, 0.3) is 0 Å². The van der Waals surface area contributed by atoms with Crippen molar-refractivity contribution >= 4 is 27.5 Å². The summed E-state index contributed by atoms with van der Waals surface area (Å²) >= 11 is 0. The van der Waals surface area contributed by atoms with Gasteiger partial charge in [0.15, 0.2) is 0 Å². The van der Waals surface area contributed by atoms with Crippen LogP contribution in [0.5, 0.6) is 0 Å². The van der Waals surface area contributed by atoms with Gasteiger partial charge in [0.05, 0.1) is 0 Å². The molecule has 2 aromatic rings. The van der Waals surface area contributed by atoms with Crippen LogP contribution >= 0.6 is 0 Å². The van der Waals surface area contributed by atoms with Crippen LogP contribution in [0.4, 0.5) is 8.78 Å². The first-order chi connectivity index (χ1) is 12.5. The van der Waals surface area contributed by atoms with Crippen molar-refractivity contribution in [3.05, 3.63) is 72.5 Å². The zero-order valence-corrected chi connectivity index (χ0v) is 17.8. The van der Waals surface area contributed by atoms with Crippen molar-refractivity contribution in [2.45, 2.75) is 44.9 Å². The first-order valence-electron chi connectivity index (χ1n) is 9.19. The number of hydrogen-bond donors (Lipinski definition) is 0. The summed E-state index contributed by atoms with van der Waals surface area (Å²) in [6.07, 6.45) is -1.69. The van der Waals surface area contributed by atoms with Crippen molar-refractivity contribution in [3.8, 4) is 0 Å². The first kappa shape index (κ1) is 20.6. The summed E-state index contributed by atoms with van der Waals surface area (Å²) in [5, 5.41) is 2.73. The molecule has 26 heavy (non-hydrogen) atoms. The molecule has 0 saturated heterocycles. The summed E-state index contributed by atoms with van der Waals surface area (Å²) in [6, 6.07) is 24.8. The predicted molar refractivity (Wildman–Crippen MR) is 110 cm³/mol. The maximum Gasteiger partial charge on any atom is 0.305 e. The van der Waals surface area contributed by atoms with E-state index in [2.05, 4.69) is 62.4 Å². The van der Waals surface area contributed by atoms with Gasteiger partial charge in [0.25, 0.3) is 0 Å². The van der Waals surface area contributed by atoms with Gasteiger partial charge in [-0.2, -0.15) is 8.78 Å². The van der Waals surface area contributed by atoms with Gasteiger partial charge in [-0.25, -0.2) is 0 Å². The van der Waals surface area contributed by atoms with Crippen LogP contribution in [0, 0.1) is 0 Å². The van der Waals surface area contributed by atoms with E-state index in [1.165, 1.54) is 17.3 Å². The lowest BCUT2D eigenvalue weighted by atomic mass is 10.4. The molecule has 5 heteroatoms. The molecular weight excluding hydrogens is 362 g/mol. The summed E-state index contributed by atoms with van der Waals surface area (Å²) < 4.78 is 31.8. The number of rotatable bonds is 9. The van der Waals surface area contributed by atoms with E-state index < -0.39 is 23.2 Å². The second kappa shape index (κ2) is 9.83. The van der Waals surface area contributed by atoms with Gasteiger partial charge in [0, 0.05) is 0 Å². The lowest BCUT2D eigenvalue weighted by Crippen LogP contribution is -2.45. The molecule has 0 heterocycles. The van der Waals surface area contributed by atoms with Crippen LogP contribution in [0.2, 0.25) is 24.2 Å². The molecule has 0 aliphatic heterocycles. The van der Waals surface area contributed by atoms with E-state index in [1.54, 1.807) is 0 Å². The second-order valence-corrected chi connectivity index (χ2v) is 13.6. The summed E-state index contributed by atoms with van der Waals surface area (Å²) in [5.74, 6) is -0.187. The second-order valence-electron chi connectivity index (χ2n) is 6.52. The minimum Gasteiger partial charge on any atom is -0.543 e. The van der Waals surface area contributed by atoms with E-state index in [9.17, 15) is 8.78 Å². The summed E-state index contributed by atoms with van der Waals surface area (Å²) in [7, 11) is -3.17. The lowest BCUT2D eigenvalue weighted by Gasteiger charge is -2.31. The fourth-order valence-corrected chi connectivity index (χ4v) is 10.5. The molecule has 2 aromatic carbocycles. The Bertz CT molecular complexity index is 657. The third-order valence-electron chi connectivity index (χ3n) is 5.00. The Hall–Kier alpha value is -1.73. The smallest absolute Gasteiger partial charge is 0.305 e. The summed E-state index contributed by atoms with van der Waals surface area (Å²) in [4.78, 5) is 0. The normalized spacial score (nSPS) is 11.5. The Balaban J connectivity index is 2.26. The zero-order valence-electron chi connectivity index (χ0n) is 15.8. The van der Waals surface area contributed by atoms with Crippen LogP contribution < -0.4 is 10.4 Å². The van der Waals surface area contributed by atoms with Gasteiger partial charge in [-0.15, -0.1) is 0 Å². The molecule has 0 N–H and O–H groups in total. The third kappa shape index (κ3) is 5.38. The highest BCUT2D eigenvalue weighted by molar-refractivity contribution is 6.87. The molecule has 139 valence electrons. The fourth-order valence-electron chi connectivity index (χ4n) is 3.25. The van der Waals surface area contributed by atoms with Gasteiger partial charge in [-0.3, -0.25) is 0 Å². The Morgan fingerprint density at radius 2 is 1.35 bits per heavy atom. The molecule has 0 bridgehead atoms. The van der Waals surface area contributed by atoms with E-state index in [-0.39, 0.29) is 5.76 Å². The van der Waals surface area contributed by atoms with E-state index in [0.717, 1.165) is 24.2 Å². The molecule has 0 atom stereocenters. The standard InChI is InChI=1S/C21H27F2OSi2/c1-4-26(5-2,24-18(3)21(22)23)17-16-25(19-12-8-6-9-13-19)20-14-10-7-11-15-20/h6-15H,4-5,16-17H2,1-3H3. The van der Waals surface area contributed by atoms with Crippen molar-refractivity contribution in [2.24, 2.45) is 0 Å². The van der Waals surface area contributed by atoms with Crippen molar-refractivity contribution in [3.63, 3.8) is 0 Å². The minimum atomic E-state index is -2.21. The van der Waals surface area contributed by atoms with E-state index in [0.29, 0.717) is 0 Å². The molecule has 0 saturated carbocycles. The van der Waals surface area contributed by atoms with Crippen LogP contribution in [-0.4, -0.2) is 17.1 Å². The largest absolute Gasteiger partial charge is 0.543 e. The van der Waals surface area contributed by atoms with E-state index >= 15 is 0 Å². The topological polar surface area (TPSA) is 9.23 Å². The number of benzene rings is 2.